The first kappa shape index (κ1) is 29.2. The molecule has 0 saturated heterocycles. The van der Waals surface area contributed by atoms with E-state index in [2.05, 4.69) is 99.2 Å². The van der Waals surface area contributed by atoms with E-state index in [1.165, 1.54) is 33.4 Å². The molecule has 0 spiro atoms. The van der Waals surface area contributed by atoms with Gasteiger partial charge in [0.05, 0.1) is 0 Å². The fraction of sp³-hybridized carbons (Fsp3) is 0.158. The van der Waals surface area contributed by atoms with Crippen molar-refractivity contribution in [2.24, 2.45) is 0 Å². The molecular weight excluding hydrogens is 647 g/mol. The number of hydrogen-bond donors (Lipinski definition) is 0. The number of fused-ring (bicyclic) bond motifs is 2. The molecule has 0 heterocycles. The summed E-state index contributed by atoms with van der Waals surface area (Å²) in [5.74, 6) is 12.0. The summed E-state index contributed by atoms with van der Waals surface area (Å²) in [7, 11) is 16.6. The van der Waals surface area contributed by atoms with Gasteiger partial charge in [0.25, 0.3) is 0 Å². The van der Waals surface area contributed by atoms with Crippen LogP contribution in [0, 0.1) is 23.7 Å². The number of allylic oxidation sites excluding steroid dienone is 2. The van der Waals surface area contributed by atoms with Crippen LogP contribution in [0.25, 0.3) is 12.2 Å². The topological polar surface area (TPSA) is 0 Å². The average molecular weight is 680 g/mol. The summed E-state index contributed by atoms with van der Waals surface area (Å²) in [6.07, 6.45) is 4.61. The molecule has 2 aliphatic carbocycles. The maximum absolute atomic E-state index is 8.32. The Morgan fingerprint density at radius 3 is 1.33 bits per heavy atom. The Labute approximate surface area is 259 Å². The third kappa shape index (κ3) is 4.94. The van der Waals surface area contributed by atoms with Crippen molar-refractivity contribution in [2.45, 2.75) is 34.2 Å². The molecule has 0 radical (unpaired) electrons. The van der Waals surface area contributed by atoms with E-state index in [4.69, 9.17) is 17.0 Å². The Morgan fingerprint density at radius 1 is 0.548 bits per heavy atom. The Balaban J connectivity index is 1.47. The summed E-state index contributed by atoms with van der Waals surface area (Å²) in [5, 5.41) is 0. The second-order valence-electron chi connectivity index (χ2n) is 11.9. The van der Waals surface area contributed by atoms with Crippen LogP contribution in [0.15, 0.2) is 108 Å². The second kappa shape index (κ2) is 11.3. The zero-order chi connectivity index (χ0) is 29.5. The number of rotatable bonds is 3. The van der Waals surface area contributed by atoms with Crippen molar-refractivity contribution in [1.82, 2.24) is 0 Å². The van der Waals surface area contributed by atoms with E-state index in [0.29, 0.717) is 0 Å². The van der Waals surface area contributed by atoms with E-state index in [1.807, 2.05) is 60.7 Å². The van der Waals surface area contributed by atoms with Gasteiger partial charge >= 0.3 is 261 Å². The molecule has 0 bridgehead atoms. The summed E-state index contributed by atoms with van der Waals surface area (Å²) < 4.78 is 0.0987. The van der Waals surface area contributed by atoms with Crippen molar-refractivity contribution in [1.29, 1.82) is 0 Å². The maximum atomic E-state index is 8.32. The monoisotopic (exact) mass is 677 g/mol. The van der Waals surface area contributed by atoms with E-state index in [0.717, 1.165) is 22.3 Å². The van der Waals surface area contributed by atoms with Crippen LogP contribution in [0.4, 0.5) is 0 Å². The van der Waals surface area contributed by atoms with Gasteiger partial charge in [0.15, 0.2) is 0 Å². The number of benzene rings is 4. The van der Waals surface area contributed by atoms with Crippen molar-refractivity contribution in [3.63, 3.8) is 0 Å². The molecule has 4 aromatic carbocycles. The van der Waals surface area contributed by atoms with Gasteiger partial charge in [-0.05, 0) is 0 Å². The molecule has 42 heavy (non-hydrogen) atoms. The first-order valence-corrected chi connectivity index (χ1v) is 30.8. The van der Waals surface area contributed by atoms with Gasteiger partial charge in [0.2, 0.25) is 0 Å². The minimum absolute atomic E-state index is 0.0493. The van der Waals surface area contributed by atoms with Gasteiger partial charge < -0.3 is 0 Å². The minimum atomic E-state index is -4.70. The molecule has 4 aromatic rings. The summed E-state index contributed by atoms with van der Waals surface area (Å²) >= 11 is -4.70. The molecule has 2 aliphatic rings. The van der Waals surface area contributed by atoms with E-state index in [-0.39, 0.29) is 7.25 Å². The van der Waals surface area contributed by atoms with Crippen LogP contribution in [0.2, 0.25) is 13.1 Å². The van der Waals surface area contributed by atoms with Crippen LogP contribution in [0.1, 0.15) is 65.6 Å². The Kier molecular flexibility index (Phi) is 7.90. The average Bonchev–Trinajstić information content (AvgIpc) is 3.53. The normalized spacial score (nSPS) is 17.9. The van der Waals surface area contributed by atoms with Crippen molar-refractivity contribution in [2.75, 3.05) is 0 Å². The molecule has 0 N–H and O–H groups in total. The molecule has 0 fully saturated rings. The molecule has 207 valence electrons. The van der Waals surface area contributed by atoms with Crippen LogP contribution >= 0.6 is 17.0 Å². The number of hydrogen-bond acceptors (Lipinski definition) is 0. The molecule has 0 aliphatic heterocycles. The molecule has 2 atom stereocenters. The number of halogens is 2. The van der Waals surface area contributed by atoms with E-state index in [9.17, 15) is 0 Å². The zero-order valence-electron chi connectivity index (χ0n) is 24.4. The van der Waals surface area contributed by atoms with E-state index in [1.54, 1.807) is 0 Å². The molecule has 0 saturated carbocycles. The van der Waals surface area contributed by atoms with E-state index < -0.39 is 21.5 Å². The predicted molar refractivity (Wildman–Crippen MR) is 181 cm³/mol. The Morgan fingerprint density at radius 2 is 0.952 bits per heavy atom. The summed E-state index contributed by atoms with van der Waals surface area (Å²) in [6, 6.07) is 33.3. The summed E-state index contributed by atoms with van der Waals surface area (Å²) in [6.45, 7) is 9.20. The standard InChI is InChI=1S/2C18H13.C2H7Si.2ClH.Zr/c2*1-14-12-17-9-5-8-16(18(17)13-14)11-10-15-6-3-2-4-7-15;1-3-2;;;/h2*2-9,12-13H,1H3;3H,1-2H3;2*1H;/q;;;;;+2/p-2. The van der Waals surface area contributed by atoms with Crippen LogP contribution in [-0.2, 0) is 15.6 Å². The van der Waals surface area contributed by atoms with Crippen molar-refractivity contribution < 1.29 is 15.6 Å². The SMILES string of the molecule is CC1=Cc2c(C#Cc3ccccc3)cccc2[CH]1[Zr]([Cl])([Cl])([CH]1C(C)=Cc2c(C#Cc3ccccc3)cccc21)[SiH](C)C. The van der Waals surface area contributed by atoms with Gasteiger partial charge in [-0.15, -0.1) is 0 Å². The molecule has 4 heteroatoms. The van der Waals surface area contributed by atoms with Gasteiger partial charge in [0.1, 0.15) is 0 Å². The van der Waals surface area contributed by atoms with Crippen molar-refractivity contribution in [3.8, 4) is 23.7 Å². The second-order valence-corrected chi connectivity index (χ2v) is 54.4. The zero-order valence-corrected chi connectivity index (χ0v) is 29.5. The van der Waals surface area contributed by atoms with Gasteiger partial charge in [-0.25, -0.2) is 0 Å². The molecule has 0 aromatic heterocycles. The Bertz CT molecular complexity index is 1750. The van der Waals surface area contributed by atoms with E-state index >= 15 is 0 Å². The molecule has 2 unspecified atom stereocenters. The molecular formula is C38H33Cl2SiZr. The fourth-order valence-corrected chi connectivity index (χ4v) is 39.9. The Hall–Kier alpha value is -2.84. The van der Waals surface area contributed by atoms with Crippen LogP contribution < -0.4 is 0 Å². The molecule has 6 rings (SSSR count). The predicted octanol–water partition coefficient (Wildman–Crippen LogP) is 10.1. The summed E-state index contributed by atoms with van der Waals surface area (Å²) in [5.41, 5.74) is 11.5. The van der Waals surface area contributed by atoms with Gasteiger partial charge in [0, 0.05) is 0 Å². The first-order valence-electron chi connectivity index (χ1n) is 14.5. The van der Waals surface area contributed by atoms with Gasteiger partial charge in [-0.2, -0.15) is 0 Å². The molecule has 0 nitrogen and oxygen atoms in total. The first-order chi connectivity index (χ1) is 20.2. The van der Waals surface area contributed by atoms with Gasteiger partial charge in [-0.1, -0.05) is 0 Å². The van der Waals surface area contributed by atoms with Crippen LogP contribution in [0.3, 0.4) is 0 Å². The van der Waals surface area contributed by atoms with Crippen LogP contribution in [-0.4, -0.2) is 5.92 Å². The van der Waals surface area contributed by atoms with Crippen LogP contribution in [0.5, 0.6) is 0 Å². The van der Waals surface area contributed by atoms with Gasteiger partial charge in [-0.3, -0.25) is 0 Å². The third-order valence-electron chi connectivity index (χ3n) is 8.99. The fourth-order valence-electron chi connectivity index (χ4n) is 6.94. The summed E-state index contributed by atoms with van der Waals surface area (Å²) in [4.78, 5) is 0. The molecule has 0 amide bonds. The van der Waals surface area contributed by atoms with Crippen molar-refractivity contribution in [3.05, 3.63) is 153 Å². The quantitative estimate of drug-likeness (QED) is 0.149. The van der Waals surface area contributed by atoms with Crippen molar-refractivity contribution >= 4 is 35.1 Å². The third-order valence-corrected chi connectivity index (χ3v) is 61.3.